The number of nitrogens with zero attached hydrogens (tertiary/aromatic N) is 6. The number of hydrogen-bond acceptors (Lipinski definition) is 8. The Hall–Kier alpha value is -3.55. The molecule has 1 N–H and O–H groups in total. The Balaban J connectivity index is 1.48. The number of fused-ring (bicyclic) bond motifs is 1. The molecular weight excluding hydrogens is 593 g/mol. The van der Waals surface area contributed by atoms with Gasteiger partial charge in [0, 0.05) is 76.9 Å². The van der Waals surface area contributed by atoms with Gasteiger partial charge in [-0.25, -0.2) is 4.99 Å². The van der Waals surface area contributed by atoms with Crippen LogP contribution in [0.15, 0.2) is 53.0 Å². The van der Waals surface area contributed by atoms with Gasteiger partial charge in [0.25, 0.3) is 0 Å². The SMILES string of the molecule is C=CC(=O)N1C[C@H](C)N(C2=NC(O)N3CC4(COC4)CSc4c(-c5cccc6cnn(C)c56)c(C(F)(F)F)cc2c43)C[C@H]1C. The van der Waals surface area contributed by atoms with Gasteiger partial charge in [-0.05, 0) is 26.0 Å². The molecule has 3 atom stereocenters. The Bertz CT molecular complexity index is 1720. The number of rotatable bonds is 2. The van der Waals surface area contributed by atoms with E-state index >= 15 is 13.2 Å². The lowest BCUT2D eigenvalue weighted by molar-refractivity contribution is -0.137. The monoisotopic (exact) mass is 626 g/mol. The van der Waals surface area contributed by atoms with Gasteiger partial charge in [0.05, 0.1) is 36.2 Å². The number of carbonyl (C=O) groups excluding carboxylic acids is 1. The number of para-hydroxylation sites is 1. The van der Waals surface area contributed by atoms with Crippen molar-refractivity contribution in [2.75, 3.05) is 43.5 Å². The molecule has 9 nitrogen and oxygen atoms in total. The van der Waals surface area contributed by atoms with Crippen molar-refractivity contribution in [2.24, 2.45) is 17.5 Å². The zero-order valence-corrected chi connectivity index (χ0v) is 25.5. The molecular formula is C31H33F3N6O3S. The van der Waals surface area contributed by atoms with Crippen LogP contribution < -0.4 is 4.90 Å². The third-order valence-electron chi connectivity index (χ3n) is 9.20. The quantitative estimate of drug-likeness (QED) is 0.424. The summed E-state index contributed by atoms with van der Waals surface area (Å²) in [7, 11) is 1.73. The number of carbonyl (C=O) groups is 1. The number of aliphatic imine (C=N–C) groups is 1. The average molecular weight is 627 g/mol. The molecule has 0 bridgehead atoms. The van der Waals surface area contributed by atoms with E-state index in [4.69, 9.17) is 4.74 Å². The highest BCUT2D eigenvalue weighted by Gasteiger charge is 2.49. The van der Waals surface area contributed by atoms with Crippen LogP contribution in [0.3, 0.4) is 0 Å². The summed E-state index contributed by atoms with van der Waals surface area (Å²) >= 11 is 1.39. The number of aliphatic hydroxyl groups excluding tert-OH is 1. The Kier molecular flexibility index (Phi) is 6.79. The van der Waals surface area contributed by atoms with Crippen LogP contribution in [-0.4, -0.2) is 93.5 Å². The lowest BCUT2D eigenvalue weighted by Crippen LogP contribution is -2.61. The second-order valence-corrected chi connectivity index (χ2v) is 13.3. The van der Waals surface area contributed by atoms with Crippen molar-refractivity contribution in [1.82, 2.24) is 19.6 Å². The fraction of sp³-hybridized carbons (Fsp3) is 0.452. The number of halogens is 3. The molecule has 2 saturated heterocycles. The highest BCUT2D eigenvalue weighted by molar-refractivity contribution is 7.99. The van der Waals surface area contributed by atoms with E-state index in [1.807, 2.05) is 24.8 Å². The molecule has 3 aromatic rings. The first-order chi connectivity index (χ1) is 20.9. The molecule has 2 fully saturated rings. The molecule has 0 saturated carbocycles. The Morgan fingerprint density at radius 3 is 2.64 bits per heavy atom. The number of amidine groups is 1. The Morgan fingerprint density at radius 2 is 1.95 bits per heavy atom. The number of aryl methyl sites for hydroxylation is 1. The second-order valence-electron chi connectivity index (χ2n) is 12.3. The predicted octanol–water partition coefficient (Wildman–Crippen LogP) is 4.33. The van der Waals surface area contributed by atoms with Gasteiger partial charge in [0.15, 0.2) is 0 Å². The Labute approximate surface area is 256 Å². The average Bonchev–Trinajstić information content (AvgIpc) is 3.24. The van der Waals surface area contributed by atoms with Crippen molar-refractivity contribution >= 4 is 40.1 Å². The van der Waals surface area contributed by atoms with Gasteiger partial charge in [-0.3, -0.25) is 9.48 Å². The van der Waals surface area contributed by atoms with Crippen molar-refractivity contribution in [3.05, 3.63) is 54.2 Å². The van der Waals surface area contributed by atoms with Crippen LogP contribution in [-0.2, 0) is 22.8 Å². The molecule has 44 heavy (non-hydrogen) atoms. The minimum Gasteiger partial charge on any atom is -0.380 e. The van der Waals surface area contributed by atoms with Crippen molar-refractivity contribution < 1.29 is 27.8 Å². The van der Waals surface area contributed by atoms with Crippen molar-refractivity contribution in [1.29, 1.82) is 0 Å². The molecule has 5 heterocycles. The highest BCUT2D eigenvalue weighted by atomic mass is 32.2. The first-order valence-electron chi connectivity index (χ1n) is 14.5. The van der Waals surface area contributed by atoms with E-state index in [-0.39, 0.29) is 29.0 Å². The number of alkyl halides is 3. The maximum atomic E-state index is 15.2. The Morgan fingerprint density at radius 1 is 1.18 bits per heavy atom. The van der Waals surface area contributed by atoms with E-state index < -0.39 is 18.1 Å². The summed E-state index contributed by atoms with van der Waals surface area (Å²) in [5, 5.41) is 16.7. The standard InChI is InChI=1S/C31H33F3N6O3S/c1-5-23(41)38-11-18(3)39(12-17(38)2)28-21-9-22(31(32,33)34)24(20-8-6-7-19-10-35-37(4)25(19)20)27-26(21)40(29(42)36-28)13-30(16-44-27)14-43-15-30/h5-10,17-18,29,42H,1,11-16H2,2-4H3/t17-,18+,29?/m1/s1. The summed E-state index contributed by atoms with van der Waals surface area (Å²) in [6.45, 7) is 9.39. The fourth-order valence-electron chi connectivity index (χ4n) is 6.97. The van der Waals surface area contributed by atoms with Crippen molar-refractivity contribution in [3.63, 3.8) is 0 Å². The molecule has 2 aromatic carbocycles. The maximum Gasteiger partial charge on any atom is 0.417 e. The van der Waals surface area contributed by atoms with Crippen LogP contribution in [0.2, 0.25) is 0 Å². The van der Waals surface area contributed by atoms with Gasteiger partial charge in [0.2, 0.25) is 12.3 Å². The largest absolute Gasteiger partial charge is 0.417 e. The molecule has 1 spiro atoms. The van der Waals surface area contributed by atoms with Crippen LogP contribution in [0.5, 0.6) is 0 Å². The van der Waals surface area contributed by atoms with Gasteiger partial charge >= 0.3 is 6.18 Å². The smallest absolute Gasteiger partial charge is 0.380 e. The minimum atomic E-state index is -4.69. The minimum absolute atomic E-state index is 0.0778. The number of aliphatic hydroxyl groups is 1. The number of piperazine rings is 1. The summed E-state index contributed by atoms with van der Waals surface area (Å²) in [5.41, 5.74) is 0.879. The fourth-order valence-corrected chi connectivity index (χ4v) is 8.40. The number of thioether (sulfide) groups is 1. The number of anilines is 1. The lowest BCUT2D eigenvalue weighted by atomic mass is 9.86. The van der Waals surface area contributed by atoms with E-state index in [2.05, 4.69) is 16.7 Å². The van der Waals surface area contributed by atoms with E-state index in [0.29, 0.717) is 71.7 Å². The van der Waals surface area contributed by atoms with E-state index in [9.17, 15) is 9.90 Å². The highest BCUT2D eigenvalue weighted by Crippen LogP contribution is 2.54. The number of amides is 1. The molecule has 0 aliphatic carbocycles. The van der Waals surface area contributed by atoms with Crippen LogP contribution in [0.1, 0.15) is 25.0 Å². The molecule has 4 aliphatic heterocycles. The van der Waals surface area contributed by atoms with E-state index in [0.717, 1.165) is 5.39 Å². The number of aromatic nitrogens is 2. The summed E-state index contributed by atoms with van der Waals surface area (Å²) in [6, 6.07) is 5.98. The summed E-state index contributed by atoms with van der Waals surface area (Å²) in [5.74, 6) is 0.628. The molecule has 4 aliphatic rings. The van der Waals surface area contributed by atoms with E-state index in [1.54, 1.807) is 39.9 Å². The van der Waals surface area contributed by atoms with Crippen molar-refractivity contribution in [2.45, 2.75) is 43.4 Å². The van der Waals surface area contributed by atoms with Crippen LogP contribution in [0.4, 0.5) is 18.9 Å². The van der Waals surface area contributed by atoms with Gasteiger partial charge < -0.3 is 24.5 Å². The topological polar surface area (TPSA) is 86.4 Å². The van der Waals surface area contributed by atoms with Gasteiger partial charge in [-0.15, -0.1) is 11.8 Å². The van der Waals surface area contributed by atoms with E-state index in [1.165, 1.54) is 23.9 Å². The molecule has 1 amide bonds. The second kappa shape index (κ2) is 10.2. The van der Waals surface area contributed by atoms with Gasteiger partial charge in [-0.1, -0.05) is 24.8 Å². The molecule has 7 rings (SSSR count). The lowest BCUT2D eigenvalue weighted by Gasteiger charge is -2.48. The molecule has 13 heteroatoms. The predicted molar refractivity (Wildman–Crippen MR) is 163 cm³/mol. The zero-order valence-electron chi connectivity index (χ0n) is 24.6. The van der Waals surface area contributed by atoms with Crippen LogP contribution >= 0.6 is 11.8 Å². The van der Waals surface area contributed by atoms with Crippen molar-refractivity contribution in [3.8, 4) is 11.1 Å². The first-order valence-corrected chi connectivity index (χ1v) is 15.5. The summed E-state index contributed by atoms with van der Waals surface area (Å²) < 4.78 is 52.9. The normalized spacial score (nSPS) is 24.6. The van der Waals surface area contributed by atoms with Crippen LogP contribution in [0, 0.1) is 5.41 Å². The van der Waals surface area contributed by atoms with Gasteiger partial charge in [0.1, 0.15) is 5.84 Å². The molecule has 1 unspecified atom stereocenters. The first kappa shape index (κ1) is 29.2. The summed E-state index contributed by atoms with van der Waals surface area (Å²) in [6.07, 6.45) is -3.07. The zero-order chi connectivity index (χ0) is 31.1. The molecule has 0 radical (unpaired) electrons. The number of benzene rings is 2. The molecule has 1 aromatic heterocycles. The number of ether oxygens (including phenoxy) is 1. The third-order valence-corrected chi connectivity index (χ3v) is 10.6. The third kappa shape index (κ3) is 4.42. The van der Waals surface area contributed by atoms with Gasteiger partial charge in [-0.2, -0.15) is 18.3 Å². The van der Waals surface area contributed by atoms with Crippen LogP contribution in [0.25, 0.3) is 22.0 Å². The maximum absolute atomic E-state index is 15.2. The number of hydrogen-bond donors (Lipinski definition) is 1. The molecule has 232 valence electrons. The summed E-state index contributed by atoms with van der Waals surface area (Å²) in [4.78, 5) is 23.0.